The average Bonchev–Trinajstić information content (AvgIpc) is 2.73. The molecule has 1 aromatic carbocycles. The second kappa shape index (κ2) is 10.7. The average molecular weight is 426 g/mol. The molecule has 8 heteroatoms. The van der Waals surface area contributed by atoms with Crippen molar-refractivity contribution in [1.82, 2.24) is 10.2 Å². The highest BCUT2D eigenvalue weighted by Gasteiger charge is 2.29. The van der Waals surface area contributed by atoms with Gasteiger partial charge in [-0.3, -0.25) is 9.59 Å². The van der Waals surface area contributed by atoms with Gasteiger partial charge in [-0.25, -0.2) is 0 Å². The number of carbonyl (C=O) groups is 2. The summed E-state index contributed by atoms with van der Waals surface area (Å²) in [4.78, 5) is 27.1. The monoisotopic (exact) mass is 425 g/mol. The lowest BCUT2D eigenvalue weighted by atomic mass is 9.85. The summed E-state index contributed by atoms with van der Waals surface area (Å²) in [6.07, 6.45) is 5.28. The third kappa shape index (κ3) is 5.76. The molecule has 1 heterocycles. The summed E-state index contributed by atoms with van der Waals surface area (Å²) in [5, 5.41) is 3.17. The van der Waals surface area contributed by atoms with E-state index >= 15 is 0 Å². The Balaban J connectivity index is 0.00000300. The lowest BCUT2D eigenvalue weighted by Gasteiger charge is -2.34. The summed E-state index contributed by atoms with van der Waals surface area (Å²) >= 11 is 0. The number of hydrogen-bond acceptors (Lipinski definition) is 5. The highest BCUT2D eigenvalue weighted by molar-refractivity contribution is 5.95. The van der Waals surface area contributed by atoms with Gasteiger partial charge in [-0.15, -0.1) is 12.4 Å². The van der Waals surface area contributed by atoms with Crippen LogP contribution in [0.2, 0.25) is 0 Å². The maximum absolute atomic E-state index is 12.8. The first-order valence-electron chi connectivity index (χ1n) is 10.1. The Hall–Kier alpha value is -1.99. The fraction of sp³-hybridized carbons (Fsp3) is 0.619. The van der Waals surface area contributed by atoms with Gasteiger partial charge in [0, 0.05) is 36.7 Å². The van der Waals surface area contributed by atoms with Crippen molar-refractivity contribution in [3.63, 3.8) is 0 Å². The maximum atomic E-state index is 12.8. The first-order chi connectivity index (χ1) is 13.5. The number of nitrogens with zero attached hydrogens (tertiary/aromatic N) is 1. The Morgan fingerprint density at radius 3 is 2.38 bits per heavy atom. The van der Waals surface area contributed by atoms with Crippen molar-refractivity contribution >= 4 is 24.2 Å². The van der Waals surface area contributed by atoms with Crippen molar-refractivity contribution in [1.29, 1.82) is 0 Å². The molecule has 7 nitrogen and oxygen atoms in total. The van der Waals surface area contributed by atoms with E-state index in [-0.39, 0.29) is 42.2 Å². The van der Waals surface area contributed by atoms with Crippen molar-refractivity contribution in [3.8, 4) is 11.5 Å². The van der Waals surface area contributed by atoms with E-state index in [1.807, 2.05) is 4.90 Å². The molecule has 0 bridgehead atoms. The lowest BCUT2D eigenvalue weighted by molar-refractivity contribution is -0.127. The van der Waals surface area contributed by atoms with Gasteiger partial charge in [0.25, 0.3) is 5.91 Å². The maximum Gasteiger partial charge on any atom is 0.253 e. The van der Waals surface area contributed by atoms with Gasteiger partial charge in [-0.05, 0) is 50.3 Å². The first kappa shape index (κ1) is 23.3. The number of amides is 2. The van der Waals surface area contributed by atoms with Crippen LogP contribution < -0.4 is 20.5 Å². The molecule has 2 unspecified atom stereocenters. The summed E-state index contributed by atoms with van der Waals surface area (Å²) < 4.78 is 10.5. The molecule has 2 amide bonds. The number of nitrogens with two attached hydrogens (primary N) is 1. The zero-order valence-electron chi connectivity index (χ0n) is 17.2. The molecule has 0 radical (unpaired) electrons. The number of likely N-dealkylation sites (tertiary alicyclic amines) is 1. The summed E-state index contributed by atoms with van der Waals surface area (Å²) in [5.74, 6) is 1.28. The van der Waals surface area contributed by atoms with E-state index in [0.717, 1.165) is 38.5 Å². The SMILES string of the molecule is COc1ccc(C(=O)N2CCC(NC(=O)C3CCCC(N)C3)CC2)cc1OC.Cl. The smallest absolute Gasteiger partial charge is 0.253 e. The van der Waals surface area contributed by atoms with Crippen molar-refractivity contribution in [3.05, 3.63) is 23.8 Å². The number of ether oxygens (including phenoxy) is 2. The number of methoxy groups -OCH3 is 2. The van der Waals surface area contributed by atoms with Gasteiger partial charge in [0.05, 0.1) is 14.2 Å². The van der Waals surface area contributed by atoms with E-state index in [9.17, 15) is 9.59 Å². The molecule has 3 rings (SSSR count). The van der Waals surface area contributed by atoms with Crippen LogP contribution in [-0.2, 0) is 4.79 Å². The second-order valence-electron chi connectivity index (χ2n) is 7.77. The number of piperidine rings is 1. The van der Waals surface area contributed by atoms with Crippen LogP contribution in [0.15, 0.2) is 18.2 Å². The molecule has 1 aliphatic carbocycles. The Kier molecular flexibility index (Phi) is 8.59. The summed E-state index contributed by atoms with van der Waals surface area (Å²) in [6, 6.07) is 5.48. The molecular formula is C21H32ClN3O4. The number of hydrogen-bond donors (Lipinski definition) is 2. The Morgan fingerprint density at radius 2 is 1.76 bits per heavy atom. The molecule has 2 fully saturated rings. The zero-order valence-corrected chi connectivity index (χ0v) is 18.0. The van der Waals surface area contributed by atoms with Gasteiger partial charge < -0.3 is 25.4 Å². The van der Waals surface area contributed by atoms with E-state index in [1.165, 1.54) is 0 Å². The predicted molar refractivity (Wildman–Crippen MR) is 114 cm³/mol. The molecule has 2 aliphatic rings. The molecule has 1 aliphatic heterocycles. The van der Waals surface area contributed by atoms with Gasteiger partial charge in [-0.1, -0.05) is 6.42 Å². The molecule has 162 valence electrons. The molecular weight excluding hydrogens is 394 g/mol. The van der Waals surface area contributed by atoms with Crippen molar-refractivity contribution < 1.29 is 19.1 Å². The summed E-state index contributed by atoms with van der Waals surface area (Å²) in [7, 11) is 3.12. The Morgan fingerprint density at radius 1 is 1.07 bits per heavy atom. The molecule has 0 aromatic heterocycles. The Labute approximate surface area is 178 Å². The number of halogens is 1. The van der Waals surface area contributed by atoms with Crippen LogP contribution >= 0.6 is 12.4 Å². The van der Waals surface area contributed by atoms with E-state index in [4.69, 9.17) is 15.2 Å². The van der Waals surface area contributed by atoms with Crippen LogP contribution in [0.5, 0.6) is 11.5 Å². The van der Waals surface area contributed by atoms with Crippen LogP contribution in [0, 0.1) is 5.92 Å². The van der Waals surface area contributed by atoms with Crippen molar-refractivity contribution in [2.24, 2.45) is 11.7 Å². The summed E-state index contributed by atoms with van der Waals surface area (Å²) in [6.45, 7) is 1.25. The number of nitrogens with one attached hydrogen (secondary N) is 1. The van der Waals surface area contributed by atoms with Gasteiger partial charge in [0.1, 0.15) is 0 Å². The normalized spacial score (nSPS) is 22.4. The van der Waals surface area contributed by atoms with Gasteiger partial charge in [-0.2, -0.15) is 0 Å². The quantitative estimate of drug-likeness (QED) is 0.755. The lowest BCUT2D eigenvalue weighted by Crippen LogP contribution is -2.48. The minimum Gasteiger partial charge on any atom is -0.493 e. The molecule has 1 aromatic rings. The fourth-order valence-electron chi connectivity index (χ4n) is 4.16. The van der Waals surface area contributed by atoms with Gasteiger partial charge in [0.15, 0.2) is 11.5 Å². The van der Waals surface area contributed by atoms with Crippen LogP contribution in [0.3, 0.4) is 0 Å². The number of rotatable bonds is 5. The first-order valence-corrected chi connectivity index (χ1v) is 10.1. The van der Waals surface area contributed by atoms with Gasteiger partial charge >= 0.3 is 0 Å². The topological polar surface area (TPSA) is 93.9 Å². The summed E-state index contributed by atoms with van der Waals surface area (Å²) in [5.41, 5.74) is 6.58. The molecule has 3 N–H and O–H groups in total. The van der Waals surface area contributed by atoms with Crippen LogP contribution in [0.25, 0.3) is 0 Å². The number of benzene rings is 1. The van der Waals surface area contributed by atoms with Crippen LogP contribution in [0.1, 0.15) is 48.9 Å². The van der Waals surface area contributed by atoms with Crippen LogP contribution in [0.4, 0.5) is 0 Å². The van der Waals surface area contributed by atoms with Crippen LogP contribution in [-0.4, -0.2) is 56.1 Å². The molecule has 0 spiro atoms. The minimum absolute atomic E-state index is 0. The standard InChI is InChI=1S/C21H31N3O4.ClH/c1-27-18-7-6-15(13-19(18)28-2)21(26)24-10-8-17(9-11-24)23-20(25)14-4-3-5-16(22)12-14;/h6-7,13-14,16-17H,3-5,8-12,22H2,1-2H3,(H,23,25);1H. The van der Waals surface area contributed by atoms with E-state index < -0.39 is 0 Å². The largest absolute Gasteiger partial charge is 0.493 e. The third-order valence-corrected chi connectivity index (χ3v) is 5.84. The zero-order chi connectivity index (χ0) is 20.1. The predicted octanol–water partition coefficient (Wildman–Crippen LogP) is 2.36. The molecule has 1 saturated carbocycles. The number of carbonyl (C=O) groups excluding carboxylic acids is 2. The minimum atomic E-state index is -0.0241. The molecule has 2 atom stereocenters. The fourth-order valence-corrected chi connectivity index (χ4v) is 4.16. The van der Waals surface area contributed by atoms with E-state index in [2.05, 4.69) is 5.32 Å². The van der Waals surface area contributed by atoms with Gasteiger partial charge in [0.2, 0.25) is 5.91 Å². The third-order valence-electron chi connectivity index (χ3n) is 5.84. The van der Waals surface area contributed by atoms with Crippen molar-refractivity contribution in [2.75, 3.05) is 27.3 Å². The Bertz CT molecular complexity index is 707. The highest BCUT2D eigenvalue weighted by Crippen LogP contribution is 2.28. The van der Waals surface area contributed by atoms with E-state index in [1.54, 1.807) is 32.4 Å². The van der Waals surface area contributed by atoms with Crippen molar-refractivity contribution in [2.45, 2.75) is 50.6 Å². The van der Waals surface area contributed by atoms with E-state index in [0.29, 0.717) is 30.2 Å². The second-order valence-corrected chi connectivity index (χ2v) is 7.77. The highest BCUT2D eigenvalue weighted by atomic mass is 35.5. The molecule has 29 heavy (non-hydrogen) atoms. The molecule has 1 saturated heterocycles.